The molecule has 6 heteroatoms. The van der Waals surface area contributed by atoms with Crippen LogP contribution < -0.4 is 5.32 Å². The lowest BCUT2D eigenvalue weighted by Crippen LogP contribution is -2.38. The molecule has 2 aliphatic rings. The van der Waals surface area contributed by atoms with Crippen molar-refractivity contribution >= 4 is 28.6 Å². The standard InChI is InChI=1S/C19H21FN4O/c1-18(7-8-18)11-15(25)22-17-23-16-13(20)9-12(21-3)10-14(16)24(17)19(2)5-4-6-19/h9-10H,4-8,11H2,1-2H3,(H,22,23,25). The van der Waals surface area contributed by atoms with Gasteiger partial charge in [-0.25, -0.2) is 14.2 Å². The Morgan fingerprint density at radius 3 is 2.64 bits per heavy atom. The Morgan fingerprint density at radius 1 is 1.36 bits per heavy atom. The van der Waals surface area contributed by atoms with E-state index >= 15 is 0 Å². The summed E-state index contributed by atoms with van der Waals surface area (Å²) in [5.74, 6) is -0.201. The largest absolute Gasteiger partial charge is 0.305 e. The number of carbonyl (C=O) groups excluding carboxylic acids is 1. The number of benzene rings is 1. The van der Waals surface area contributed by atoms with E-state index in [1.807, 2.05) is 4.57 Å². The van der Waals surface area contributed by atoms with Crippen molar-refractivity contribution in [3.05, 3.63) is 29.4 Å². The molecule has 0 bridgehead atoms. The third-order valence-electron chi connectivity index (χ3n) is 5.74. The van der Waals surface area contributed by atoms with Crippen LogP contribution in [0.3, 0.4) is 0 Å². The molecule has 4 rings (SSSR count). The van der Waals surface area contributed by atoms with Crippen LogP contribution in [-0.2, 0) is 10.3 Å². The average molecular weight is 340 g/mol. The number of hydrogen-bond donors (Lipinski definition) is 1. The highest BCUT2D eigenvalue weighted by molar-refractivity contribution is 5.93. The summed E-state index contributed by atoms with van der Waals surface area (Å²) < 4.78 is 16.4. The van der Waals surface area contributed by atoms with Gasteiger partial charge in [0.2, 0.25) is 11.9 Å². The van der Waals surface area contributed by atoms with E-state index in [2.05, 4.69) is 29.0 Å². The number of hydrogen-bond acceptors (Lipinski definition) is 2. The molecule has 0 spiro atoms. The Hall–Kier alpha value is -2.42. The molecule has 0 atom stereocenters. The molecule has 1 amide bonds. The summed E-state index contributed by atoms with van der Waals surface area (Å²) in [5.41, 5.74) is 0.949. The van der Waals surface area contributed by atoms with Crippen LogP contribution in [0.1, 0.15) is 52.4 Å². The van der Waals surface area contributed by atoms with E-state index in [1.165, 1.54) is 6.07 Å². The van der Waals surface area contributed by atoms with Crippen molar-refractivity contribution in [3.63, 3.8) is 0 Å². The van der Waals surface area contributed by atoms with E-state index in [4.69, 9.17) is 6.57 Å². The van der Waals surface area contributed by atoms with Crippen LogP contribution in [0.5, 0.6) is 0 Å². The maximum absolute atomic E-state index is 14.4. The maximum Gasteiger partial charge on any atom is 0.227 e. The topological polar surface area (TPSA) is 51.3 Å². The van der Waals surface area contributed by atoms with Gasteiger partial charge in [0, 0.05) is 12.0 Å². The molecule has 2 fully saturated rings. The second-order valence-corrected chi connectivity index (χ2v) is 8.06. The predicted molar refractivity (Wildman–Crippen MR) is 94.0 cm³/mol. The highest BCUT2D eigenvalue weighted by Crippen LogP contribution is 2.48. The molecule has 0 saturated heterocycles. The smallest absolute Gasteiger partial charge is 0.227 e. The van der Waals surface area contributed by atoms with Crippen LogP contribution in [0.4, 0.5) is 16.0 Å². The van der Waals surface area contributed by atoms with Gasteiger partial charge in [-0.3, -0.25) is 10.1 Å². The van der Waals surface area contributed by atoms with Gasteiger partial charge in [0.25, 0.3) is 0 Å². The molecule has 1 heterocycles. The van der Waals surface area contributed by atoms with Crippen LogP contribution >= 0.6 is 0 Å². The molecule has 25 heavy (non-hydrogen) atoms. The van der Waals surface area contributed by atoms with E-state index in [1.54, 1.807) is 6.07 Å². The number of imidazole rings is 1. The van der Waals surface area contributed by atoms with Gasteiger partial charge in [0.05, 0.1) is 12.1 Å². The monoisotopic (exact) mass is 340 g/mol. The molecule has 0 unspecified atom stereocenters. The van der Waals surface area contributed by atoms with Gasteiger partial charge >= 0.3 is 0 Å². The van der Waals surface area contributed by atoms with Crippen LogP contribution in [0.25, 0.3) is 15.9 Å². The van der Waals surface area contributed by atoms with Crippen LogP contribution in [0.2, 0.25) is 0 Å². The van der Waals surface area contributed by atoms with E-state index < -0.39 is 5.82 Å². The third kappa shape index (κ3) is 2.68. The first-order chi connectivity index (χ1) is 11.8. The lowest BCUT2D eigenvalue weighted by Gasteiger charge is -2.41. The van der Waals surface area contributed by atoms with Gasteiger partial charge in [0.1, 0.15) is 11.3 Å². The van der Waals surface area contributed by atoms with Gasteiger partial charge in [0.15, 0.2) is 5.69 Å². The maximum atomic E-state index is 14.4. The van der Waals surface area contributed by atoms with Crippen LogP contribution in [0.15, 0.2) is 12.1 Å². The zero-order valence-electron chi connectivity index (χ0n) is 14.5. The summed E-state index contributed by atoms with van der Waals surface area (Å²) in [6, 6.07) is 2.87. The van der Waals surface area contributed by atoms with E-state index in [0.29, 0.717) is 17.9 Å². The van der Waals surface area contributed by atoms with E-state index in [-0.39, 0.29) is 28.1 Å². The Balaban J connectivity index is 1.79. The Kier molecular flexibility index (Phi) is 3.40. The van der Waals surface area contributed by atoms with Crippen molar-refractivity contribution in [2.75, 3.05) is 5.32 Å². The highest BCUT2D eigenvalue weighted by atomic mass is 19.1. The fourth-order valence-electron chi connectivity index (χ4n) is 3.68. The van der Waals surface area contributed by atoms with Gasteiger partial charge in [-0.05, 0) is 56.6 Å². The number of halogens is 1. The zero-order chi connectivity index (χ0) is 17.8. The first kappa shape index (κ1) is 16.1. The first-order valence-electron chi connectivity index (χ1n) is 8.73. The fraction of sp³-hybridized carbons (Fsp3) is 0.526. The quantitative estimate of drug-likeness (QED) is 0.816. The number of carbonyl (C=O) groups is 1. The Morgan fingerprint density at radius 2 is 2.08 bits per heavy atom. The van der Waals surface area contributed by atoms with E-state index in [9.17, 15) is 9.18 Å². The van der Waals surface area contributed by atoms with Crippen LogP contribution in [-0.4, -0.2) is 15.5 Å². The summed E-state index contributed by atoms with van der Waals surface area (Å²) in [6.45, 7) is 11.4. The minimum Gasteiger partial charge on any atom is -0.305 e. The number of nitrogens with zero attached hydrogens (tertiary/aromatic N) is 3. The summed E-state index contributed by atoms with van der Waals surface area (Å²) >= 11 is 0. The van der Waals surface area contributed by atoms with Gasteiger partial charge in [-0.15, -0.1) is 0 Å². The average Bonchev–Trinajstić information content (AvgIpc) is 3.12. The van der Waals surface area contributed by atoms with Crippen LogP contribution in [0, 0.1) is 17.8 Å². The van der Waals surface area contributed by atoms with Gasteiger partial charge in [-0.2, -0.15) is 0 Å². The molecular formula is C19H21FN4O. The first-order valence-corrected chi connectivity index (χ1v) is 8.73. The molecule has 2 aromatic rings. The number of rotatable bonds is 4. The molecule has 2 saturated carbocycles. The SMILES string of the molecule is [C-]#[N+]c1cc(F)c2nc(NC(=O)CC3(C)CC3)n(C3(C)CCC3)c2c1. The molecular weight excluding hydrogens is 319 g/mol. The molecule has 2 aliphatic carbocycles. The zero-order valence-corrected chi connectivity index (χ0v) is 14.5. The van der Waals surface area contributed by atoms with Crippen molar-refractivity contribution < 1.29 is 9.18 Å². The molecule has 130 valence electrons. The van der Waals surface area contributed by atoms with Gasteiger partial charge < -0.3 is 4.57 Å². The minimum absolute atomic E-state index is 0.0784. The summed E-state index contributed by atoms with van der Waals surface area (Å²) in [4.78, 5) is 20.2. The minimum atomic E-state index is -0.519. The van der Waals surface area contributed by atoms with Crippen molar-refractivity contribution in [3.8, 4) is 0 Å². The third-order valence-corrected chi connectivity index (χ3v) is 5.74. The molecule has 0 aliphatic heterocycles. The number of nitrogens with one attached hydrogen (secondary N) is 1. The molecule has 0 radical (unpaired) electrons. The molecule has 1 aromatic heterocycles. The summed E-state index contributed by atoms with van der Waals surface area (Å²) in [5, 5.41) is 2.90. The van der Waals surface area contributed by atoms with Gasteiger partial charge in [-0.1, -0.05) is 6.92 Å². The second-order valence-electron chi connectivity index (χ2n) is 8.06. The normalized spacial score (nSPS) is 19.9. The lowest BCUT2D eigenvalue weighted by molar-refractivity contribution is -0.117. The lowest BCUT2D eigenvalue weighted by atomic mass is 9.78. The molecule has 1 aromatic carbocycles. The Bertz CT molecular complexity index is 916. The van der Waals surface area contributed by atoms with Crippen molar-refractivity contribution in [1.82, 2.24) is 9.55 Å². The summed E-state index contributed by atoms with van der Waals surface area (Å²) in [7, 11) is 0. The highest BCUT2D eigenvalue weighted by Gasteiger charge is 2.41. The second kappa shape index (κ2) is 5.29. The van der Waals surface area contributed by atoms with Crippen molar-refractivity contribution in [2.45, 2.75) is 57.9 Å². The Labute approximate surface area is 146 Å². The van der Waals surface area contributed by atoms with E-state index in [0.717, 1.165) is 32.1 Å². The number of amides is 1. The fourth-order valence-corrected chi connectivity index (χ4v) is 3.68. The predicted octanol–water partition coefficient (Wildman–Crippen LogP) is 4.75. The summed E-state index contributed by atoms with van der Waals surface area (Å²) in [6.07, 6.45) is 5.58. The number of fused-ring (bicyclic) bond motifs is 1. The van der Waals surface area contributed by atoms with Crippen molar-refractivity contribution in [1.29, 1.82) is 0 Å². The van der Waals surface area contributed by atoms with Crippen molar-refractivity contribution in [2.24, 2.45) is 5.41 Å². The molecule has 1 N–H and O–H groups in total. The molecule has 5 nitrogen and oxygen atoms in total. The number of aromatic nitrogens is 2. The number of anilines is 1.